The average molecular weight is 622 g/mol. The normalized spacial score (nSPS) is 13.6. The Hall–Kier alpha value is -2.66. The second kappa shape index (κ2) is 20.3. The molecule has 0 radical (unpaired) electrons. The van der Waals surface area contributed by atoms with Crippen molar-refractivity contribution in [2.24, 2.45) is 0 Å². The van der Waals surface area contributed by atoms with E-state index in [1.165, 1.54) is 11.3 Å². The summed E-state index contributed by atoms with van der Waals surface area (Å²) < 4.78 is 33.2. The topological polar surface area (TPSA) is 110 Å². The molecule has 3 heterocycles. The molecule has 12 heteroatoms. The van der Waals surface area contributed by atoms with E-state index in [0.29, 0.717) is 53.9 Å². The lowest BCUT2D eigenvalue weighted by molar-refractivity contribution is 0.0785. The van der Waals surface area contributed by atoms with E-state index in [1.807, 2.05) is 52.1 Å². The Labute approximate surface area is 255 Å². The molecule has 0 saturated carbocycles. The monoisotopic (exact) mass is 621 g/mol. The summed E-state index contributed by atoms with van der Waals surface area (Å²) in [5, 5.41) is 5.30. The third-order valence-corrected chi connectivity index (χ3v) is 7.81. The summed E-state index contributed by atoms with van der Waals surface area (Å²) in [5.74, 6) is 1.22. The predicted octanol–water partition coefficient (Wildman–Crippen LogP) is 7.62. The molecule has 1 unspecified atom stereocenters. The highest BCUT2D eigenvalue weighted by Gasteiger charge is 2.19. The molecule has 1 atom stereocenters. The lowest BCUT2D eigenvalue weighted by Crippen LogP contribution is -2.21. The molecule has 1 fully saturated rings. The van der Waals surface area contributed by atoms with Crippen LogP contribution in [0, 0.1) is 6.92 Å². The number of rotatable bonds is 12. The minimum Gasteiger partial charge on any atom is -0.488 e. The molecule has 3 aromatic rings. The zero-order chi connectivity index (χ0) is 30.7. The third-order valence-electron chi connectivity index (χ3n) is 5.48. The second-order valence-corrected chi connectivity index (χ2v) is 11.1. The molecule has 2 aromatic heterocycles. The van der Waals surface area contributed by atoms with Crippen molar-refractivity contribution in [3.63, 3.8) is 0 Å². The van der Waals surface area contributed by atoms with Crippen molar-refractivity contribution in [2.45, 2.75) is 59.7 Å². The van der Waals surface area contributed by atoms with Gasteiger partial charge in [-0.3, -0.25) is 15.1 Å². The number of aromatic nitrogens is 2. The van der Waals surface area contributed by atoms with Crippen LogP contribution in [0.4, 0.5) is 5.13 Å². The Morgan fingerprint density at radius 3 is 2.40 bits per heavy atom. The zero-order valence-electron chi connectivity index (χ0n) is 25.7. The number of amides is 1. The maximum Gasteiger partial charge on any atom is 0.257 e. The summed E-state index contributed by atoms with van der Waals surface area (Å²) >= 11 is 1.36. The minimum atomic E-state index is -0.965. The van der Waals surface area contributed by atoms with Crippen LogP contribution in [0.15, 0.2) is 41.9 Å². The number of hydrogen-bond donors (Lipinski definition) is 1. The van der Waals surface area contributed by atoms with Gasteiger partial charge in [0.2, 0.25) is 0 Å². The Morgan fingerprint density at radius 1 is 1.07 bits per heavy atom. The van der Waals surface area contributed by atoms with E-state index in [2.05, 4.69) is 20.0 Å². The SMILES string of the molecule is CC.CCC(COC)Oc1cc(Oc2ccc(C)nc2)cc(C(=O)Nc2nc(CP3OCCCO3)cs2)c1.CCOC. The average Bonchev–Trinajstić information content (AvgIpc) is 3.45. The molecule has 4 rings (SSSR count). The van der Waals surface area contributed by atoms with Gasteiger partial charge < -0.3 is 28.0 Å². The number of hydrogen-bond acceptors (Lipinski definition) is 10. The van der Waals surface area contributed by atoms with E-state index in [4.69, 9.17) is 23.3 Å². The number of thiazole rings is 1. The maximum absolute atomic E-state index is 13.2. The molecule has 1 saturated heterocycles. The van der Waals surface area contributed by atoms with Gasteiger partial charge in [0.25, 0.3) is 5.91 Å². The number of methoxy groups -OCH3 is 2. The Bertz CT molecular complexity index is 1170. The van der Waals surface area contributed by atoms with Crippen LogP contribution in [0.25, 0.3) is 0 Å². The van der Waals surface area contributed by atoms with Gasteiger partial charge in [0.15, 0.2) is 13.5 Å². The maximum atomic E-state index is 13.2. The summed E-state index contributed by atoms with van der Waals surface area (Å²) in [7, 11) is 2.35. The Balaban J connectivity index is 0.000000947. The number of benzene rings is 1. The van der Waals surface area contributed by atoms with Gasteiger partial charge in [-0.15, -0.1) is 11.3 Å². The molecule has 10 nitrogen and oxygen atoms in total. The van der Waals surface area contributed by atoms with Crippen molar-refractivity contribution in [1.29, 1.82) is 0 Å². The van der Waals surface area contributed by atoms with Crippen molar-refractivity contribution in [3.8, 4) is 17.2 Å². The van der Waals surface area contributed by atoms with Crippen LogP contribution in [0.5, 0.6) is 17.2 Å². The van der Waals surface area contributed by atoms with E-state index in [-0.39, 0.29) is 12.0 Å². The smallest absolute Gasteiger partial charge is 0.257 e. The van der Waals surface area contributed by atoms with Crippen LogP contribution < -0.4 is 14.8 Å². The molecule has 0 bridgehead atoms. The Kier molecular flexibility index (Phi) is 17.2. The van der Waals surface area contributed by atoms with E-state index in [1.54, 1.807) is 38.6 Å². The second-order valence-electron chi connectivity index (χ2n) is 8.72. The van der Waals surface area contributed by atoms with Crippen LogP contribution >= 0.6 is 19.7 Å². The van der Waals surface area contributed by atoms with Gasteiger partial charge in [0.05, 0.1) is 37.9 Å². The molecular weight excluding hydrogens is 577 g/mol. The zero-order valence-corrected chi connectivity index (χ0v) is 27.4. The van der Waals surface area contributed by atoms with E-state index in [0.717, 1.165) is 30.8 Å². The fraction of sp³-hybridized carbons (Fsp3) is 0.500. The van der Waals surface area contributed by atoms with Crippen LogP contribution in [0.2, 0.25) is 0 Å². The molecule has 0 aliphatic carbocycles. The third kappa shape index (κ3) is 12.7. The van der Waals surface area contributed by atoms with Crippen LogP contribution in [-0.4, -0.2) is 62.6 Å². The van der Waals surface area contributed by atoms with Crippen molar-refractivity contribution >= 4 is 30.8 Å². The summed E-state index contributed by atoms with van der Waals surface area (Å²) in [4.78, 5) is 22.0. The van der Waals surface area contributed by atoms with E-state index >= 15 is 0 Å². The molecule has 1 aromatic carbocycles. The first-order chi connectivity index (χ1) is 20.4. The van der Waals surface area contributed by atoms with Crippen molar-refractivity contribution in [1.82, 2.24) is 9.97 Å². The van der Waals surface area contributed by atoms with Gasteiger partial charge in [-0.2, -0.15) is 0 Å². The number of pyridine rings is 1. The Morgan fingerprint density at radius 2 is 1.79 bits per heavy atom. The van der Waals surface area contributed by atoms with Gasteiger partial charge in [-0.05, 0) is 51.0 Å². The fourth-order valence-electron chi connectivity index (χ4n) is 3.35. The van der Waals surface area contributed by atoms with Crippen LogP contribution in [0.1, 0.15) is 62.3 Å². The van der Waals surface area contributed by atoms with E-state index < -0.39 is 8.38 Å². The molecule has 1 amide bonds. The first-order valence-electron chi connectivity index (χ1n) is 14.1. The molecule has 42 heavy (non-hydrogen) atoms. The quantitative estimate of drug-likeness (QED) is 0.204. The van der Waals surface area contributed by atoms with Crippen LogP contribution in [-0.2, 0) is 24.7 Å². The molecule has 1 aliphatic rings. The largest absolute Gasteiger partial charge is 0.488 e. The number of ether oxygens (including phenoxy) is 4. The number of nitrogens with one attached hydrogen (secondary N) is 1. The highest BCUT2D eigenvalue weighted by atomic mass is 32.1. The van der Waals surface area contributed by atoms with E-state index in [9.17, 15) is 4.79 Å². The first kappa shape index (κ1) is 35.5. The standard InChI is InChI=1S/C25H30N3O6PS.C3H8O.C2H6/c1-4-20(14-30-3)33-22-10-18(11-23(12-22)34-21-7-6-17(2)26-13-21)24(29)28-25-27-19(16-36-25)15-35-31-8-5-9-32-35;1-3-4-2;1-2/h6-7,10-13,16,20H,4-5,8-9,14-15H2,1-3H3,(H,27,28,29);3H2,1-2H3;1-2H3. The summed E-state index contributed by atoms with van der Waals surface area (Å²) in [5.41, 5.74) is 2.10. The number of carbonyl (C=O) groups is 1. The lowest BCUT2D eigenvalue weighted by Gasteiger charge is -2.21. The summed E-state index contributed by atoms with van der Waals surface area (Å²) in [6.07, 6.45) is 3.75. The number of anilines is 1. The van der Waals surface area contributed by atoms with Gasteiger partial charge in [0, 0.05) is 43.5 Å². The van der Waals surface area contributed by atoms with Crippen molar-refractivity contribution in [2.75, 3.05) is 46.0 Å². The first-order valence-corrected chi connectivity index (χ1v) is 16.4. The molecular formula is C30H44N3O7PS. The molecule has 1 aliphatic heterocycles. The predicted molar refractivity (Wildman–Crippen MR) is 168 cm³/mol. The number of aryl methyl sites for hydroxylation is 1. The van der Waals surface area contributed by atoms with Crippen molar-refractivity contribution < 1.29 is 32.8 Å². The number of nitrogens with zero attached hydrogens (tertiary/aromatic N) is 2. The molecule has 0 spiro atoms. The number of carbonyl (C=O) groups excluding carboxylic acids is 1. The van der Waals surface area contributed by atoms with Gasteiger partial charge in [-0.25, -0.2) is 4.98 Å². The van der Waals surface area contributed by atoms with Crippen LogP contribution in [0.3, 0.4) is 0 Å². The summed E-state index contributed by atoms with van der Waals surface area (Å²) in [6, 6.07) is 8.80. The van der Waals surface area contributed by atoms with Gasteiger partial charge in [0.1, 0.15) is 23.4 Å². The highest BCUT2D eigenvalue weighted by molar-refractivity contribution is 7.46. The highest BCUT2D eigenvalue weighted by Crippen LogP contribution is 2.44. The van der Waals surface area contributed by atoms with Crippen molar-refractivity contribution in [3.05, 3.63) is 58.9 Å². The van der Waals surface area contributed by atoms with Gasteiger partial charge >= 0.3 is 0 Å². The molecule has 232 valence electrons. The summed E-state index contributed by atoms with van der Waals surface area (Å²) in [6.45, 7) is 12.6. The van der Waals surface area contributed by atoms with Gasteiger partial charge in [-0.1, -0.05) is 20.8 Å². The fourth-order valence-corrected chi connectivity index (χ4v) is 5.53. The lowest BCUT2D eigenvalue weighted by atomic mass is 10.2. The minimum absolute atomic E-state index is 0.158. The molecule has 1 N–H and O–H groups in total.